The van der Waals surface area contributed by atoms with Crippen LogP contribution in [0.3, 0.4) is 0 Å². The average Bonchev–Trinajstić information content (AvgIpc) is 3.11. The smallest absolute Gasteiger partial charge is 0.357 e. The molecule has 3 rings (SSSR count). The molecule has 0 N–H and O–H groups in total. The summed E-state index contributed by atoms with van der Waals surface area (Å²) in [5.41, 5.74) is 0.798. The van der Waals surface area contributed by atoms with Gasteiger partial charge in [0.05, 0.1) is 6.20 Å². The number of amides is 1. The highest BCUT2D eigenvalue weighted by atomic mass is 32.2. The number of halogens is 1. The average molecular weight is 391 g/mol. The van der Waals surface area contributed by atoms with Gasteiger partial charge < -0.3 is 9.64 Å². The molecule has 1 fully saturated rings. The molecule has 1 aromatic heterocycles. The number of carbonyl (C=O) groups is 2. The molecule has 1 amide bonds. The summed E-state index contributed by atoms with van der Waals surface area (Å²) in [5, 5.41) is 0.574. The number of piperidine rings is 1. The van der Waals surface area contributed by atoms with Gasteiger partial charge in [0.2, 0.25) is 0 Å². The second-order valence-electron chi connectivity index (χ2n) is 6.45. The third kappa shape index (κ3) is 4.32. The Bertz CT molecular complexity index is 822. The summed E-state index contributed by atoms with van der Waals surface area (Å²) >= 11 is 1.36. The van der Waals surface area contributed by atoms with Crippen LogP contribution in [0.2, 0.25) is 0 Å². The summed E-state index contributed by atoms with van der Waals surface area (Å²) in [5.74, 6) is -1.19. The molecule has 1 aromatic carbocycles. The lowest BCUT2D eigenvalue weighted by Gasteiger charge is -2.33. The number of esters is 1. The SMILES string of the molecule is CSc1ncc(C(=O)OCC(=O)N2CCCCC2C)n1-c1ccc(F)cc1. The van der Waals surface area contributed by atoms with E-state index in [4.69, 9.17) is 4.74 Å². The number of rotatable bonds is 5. The summed E-state index contributed by atoms with van der Waals surface area (Å²) in [6.45, 7) is 2.40. The lowest BCUT2D eigenvalue weighted by atomic mass is 10.0. The lowest BCUT2D eigenvalue weighted by Crippen LogP contribution is -2.44. The summed E-state index contributed by atoms with van der Waals surface area (Å²) in [4.78, 5) is 30.9. The van der Waals surface area contributed by atoms with Gasteiger partial charge in [-0.1, -0.05) is 11.8 Å². The maximum absolute atomic E-state index is 13.2. The molecule has 0 radical (unpaired) electrons. The van der Waals surface area contributed by atoms with Gasteiger partial charge in [-0.3, -0.25) is 9.36 Å². The Hall–Kier alpha value is -2.35. The highest BCUT2D eigenvalue weighted by Crippen LogP contribution is 2.23. The summed E-state index contributed by atoms with van der Waals surface area (Å²) in [7, 11) is 0. The minimum atomic E-state index is -0.634. The van der Waals surface area contributed by atoms with E-state index >= 15 is 0 Å². The van der Waals surface area contributed by atoms with Gasteiger partial charge in [0.25, 0.3) is 5.91 Å². The number of nitrogens with zero attached hydrogens (tertiary/aromatic N) is 3. The Morgan fingerprint density at radius 1 is 1.30 bits per heavy atom. The first kappa shape index (κ1) is 19.4. The van der Waals surface area contributed by atoms with E-state index in [1.807, 2.05) is 13.2 Å². The van der Waals surface area contributed by atoms with Crippen molar-refractivity contribution in [3.05, 3.63) is 42.0 Å². The van der Waals surface area contributed by atoms with E-state index in [1.165, 1.54) is 30.1 Å². The van der Waals surface area contributed by atoms with Crippen LogP contribution >= 0.6 is 11.8 Å². The number of hydrogen-bond acceptors (Lipinski definition) is 5. The fraction of sp³-hybridized carbons (Fsp3) is 0.421. The number of thioether (sulfide) groups is 1. The Kier molecular flexibility index (Phi) is 6.15. The summed E-state index contributed by atoms with van der Waals surface area (Å²) in [6.07, 6.45) is 6.29. The molecule has 0 saturated carbocycles. The van der Waals surface area contributed by atoms with E-state index < -0.39 is 5.97 Å². The molecule has 1 aliphatic heterocycles. The van der Waals surface area contributed by atoms with E-state index in [0.717, 1.165) is 19.3 Å². The predicted molar refractivity (Wildman–Crippen MR) is 101 cm³/mol. The number of ether oxygens (including phenoxy) is 1. The number of aromatic nitrogens is 2. The number of imidazole rings is 1. The normalized spacial score (nSPS) is 17.0. The molecule has 0 spiro atoms. The molecule has 2 heterocycles. The zero-order valence-electron chi connectivity index (χ0n) is 15.4. The maximum atomic E-state index is 13.2. The second-order valence-corrected chi connectivity index (χ2v) is 7.22. The van der Waals surface area contributed by atoms with Crippen molar-refractivity contribution >= 4 is 23.6 Å². The van der Waals surface area contributed by atoms with Crippen LogP contribution in [0.1, 0.15) is 36.7 Å². The minimum Gasteiger partial charge on any atom is -0.451 e. The molecule has 1 atom stereocenters. The van der Waals surface area contributed by atoms with E-state index in [9.17, 15) is 14.0 Å². The fourth-order valence-electron chi connectivity index (χ4n) is 3.22. The highest BCUT2D eigenvalue weighted by molar-refractivity contribution is 7.98. The predicted octanol–water partition coefficient (Wildman–Crippen LogP) is 3.29. The Morgan fingerprint density at radius 2 is 2.04 bits per heavy atom. The zero-order chi connectivity index (χ0) is 19.4. The standard InChI is InChI=1S/C19H22FN3O3S/c1-13-5-3-4-10-22(13)17(24)12-26-18(25)16-11-21-19(27-2)23(16)15-8-6-14(20)7-9-15/h6-9,11,13H,3-5,10,12H2,1-2H3. The summed E-state index contributed by atoms with van der Waals surface area (Å²) in [6, 6.07) is 5.92. The first-order valence-corrected chi connectivity index (χ1v) is 10.1. The molecule has 6 nitrogen and oxygen atoms in total. The molecule has 27 heavy (non-hydrogen) atoms. The largest absolute Gasteiger partial charge is 0.451 e. The monoisotopic (exact) mass is 391 g/mol. The van der Waals surface area contributed by atoms with Crippen molar-refractivity contribution in [3.63, 3.8) is 0 Å². The van der Waals surface area contributed by atoms with Crippen molar-refractivity contribution in [1.29, 1.82) is 0 Å². The highest BCUT2D eigenvalue weighted by Gasteiger charge is 2.25. The number of likely N-dealkylation sites (tertiary alicyclic amines) is 1. The van der Waals surface area contributed by atoms with Crippen molar-refractivity contribution in [3.8, 4) is 5.69 Å². The van der Waals surface area contributed by atoms with Gasteiger partial charge in [-0.2, -0.15) is 0 Å². The van der Waals surface area contributed by atoms with Crippen molar-refractivity contribution in [1.82, 2.24) is 14.5 Å². The van der Waals surface area contributed by atoms with Crippen molar-refractivity contribution in [2.24, 2.45) is 0 Å². The Labute approximate surface area is 161 Å². The Morgan fingerprint density at radius 3 is 2.70 bits per heavy atom. The second kappa shape index (κ2) is 8.56. The molecular formula is C19H22FN3O3S. The van der Waals surface area contributed by atoms with Crippen LogP contribution in [0.5, 0.6) is 0 Å². The molecule has 0 bridgehead atoms. The van der Waals surface area contributed by atoms with Gasteiger partial charge in [0.15, 0.2) is 17.5 Å². The van der Waals surface area contributed by atoms with Crippen LogP contribution in [0, 0.1) is 5.82 Å². The number of carbonyl (C=O) groups excluding carboxylic acids is 2. The molecule has 8 heteroatoms. The molecular weight excluding hydrogens is 369 g/mol. The van der Waals surface area contributed by atoms with Crippen molar-refractivity contribution in [2.75, 3.05) is 19.4 Å². The van der Waals surface area contributed by atoms with Gasteiger partial charge in [-0.25, -0.2) is 14.2 Å². The van der Waals surface area contributed by atoms with Crippen LogP contribution in [-0.4, -0.2) is 51.8 Å². The molecule has 2 aromatic rings. The van der Waals surface area contributed by atoms with Crippen molar-refractivity contribution < 1.29 is 18.7 Å². The zero-order valence-corrected chi connectivity index (χ0v) is 16.2. The van der Waals surface area contributed by atoms with E-state index in [0.29, 0.717) is 17.4 Å². The number of benzene rings is 1. The maximum Gasteiger partial charge on any atom is 0.357 e. The van der Waals surface area contributed by atoms with Gasteiger partial charge in [0, 0.05) is 18.3 Å². The fourth-order valence-corrected chi connectivity index (χ4v) is 3.76. The van der Waals surface area contributed by atoms with Gasteiger partial charge in [-0.15, -0.1) is 0 Å². The Balaban J connectivity index is 1.74. The van der Waals surface area contributed by atoms with Crippen LogP contribution in [0.25, 0.3) is 5.69 Å². The third-order valence-electron chi connectivity index (χ3n) is 4.66. The molecule has 1 aliphatic rings. The van der Waals surface area contributed by atoms with Crippen LogP contribution in [0.4, 0.5) is 4.39 Å². The van der Waals surface area contributed by atoms with E-state index in [-0.39, 0.29) is 30.1 Å². The number of hydrogen-bond donors (Lipinski definition) is 0. The van der Waals surface area contributed by atoms with Gasteiger partial charge in [0.1, 0.15) is 5.82 Å². The molecule has 0 aliphatic carbocycles. The van der Waals surface area contributed by atoms with Crippen molar-refractivity contribution in [2.45, 2.75) is 37.4 Å². The van der Waals surface area contributed by atoms with Crippen LogP contribution in [0.15, 0.2) is 35.6 Å². The minimum absolute atomic E-state index is 0.165. The molecule has 144 valence electrons. The summed E-state index contributed by atoms with van der Waals surface area (Å²) < 4.78 is 20.1. The lowest BCUT2D eigenvalue weighted by molar-refractivity contribution is -0.137. The first-order chi connectivity index (χ1) is 13.0. The van der Waals surface area contributed by atoms with Gasteiger partial charge >= 0.3 is 5.97 Å². The topological polar surface area (TPSA) is 64.4 Å². The van der Waals surface area contributed by atoms with E-state index in [1.54, 1.807) is 21.6 Å². The first-order valence-electron chi connectivity index (χ1n) is 8.85. The quantitative estimate of drug-likeness (QED) is 0.578. The molecule has 1 unspecified atom stereocenters. The van der Waals surface area contributed by atoms with Gasteiger partial charge in [-0.05, 0) is 56.7 Å². The van der Waals surface area contributed by atoms with Crippen LogP contribution < -0.4 is 0 Å². The van der Waals surface area contributed by atoms with Crippen LogP contribution in [-0.2, 0) is 9.53 Å². The molecule has 1 saturated heterocycles. The third-order valence-corrected chi connectivity index (χ3v) is 5.31. The van der Waals surface area contributed by atoms with E-state index in [2.05, 4.69) is 4.98 Å².